The zero-order valence-corrected chi connectivity index (χ0v) is 14.3. The first-order valence-electron chi connectivity index (χ1n) is 8.09. The van der Waals surface area contributed by atoms with E-state index in [9.17, 15) is 9.90 Å². The third-order valence-electron chi connectivity index (χ3n) is 4.52. The molecule has 7 nitrogen and oxygen atoms in total. The van der Waals surface area contributed by atoms with Crippen molar-refractivity contribution in [1.82, 2.24) is 19.5 Å². The molecule has 4 N–H and O–H groups in total. The highest BCUT2D eigenvalue weighted by molar-refractivity contribution is 6.18. The first-order chi connectivity index (χ1) is 12.5. The maximum absolute atomic E-state index is 13.0. The van der Waals surface area contributed by atoms with E-state index in [1.54, 1.807) is 48.1 Å². The molecule has 0 atom stereocenters. The van der Waals surface area contributed by atoms with Gasteiger partial charge in [-0.2, -0.15) is 0 Å². The summed E-state index contributed by atoms with van der Waals surface area (Å²) in [6, 6.07) is 6.86. The van der Waals surface area contributed by atoms with Crippen LogP contribution in [0.1, 0.15) is 27.2 Å². The molecule has 0 spiro atoms. The number of hydrogen-bond donors (Lipinski definition) is 3. The number of nitrogen functional groups attached to an aromatic ring is 1. The van der Waals surface area contributed by atoms with Gasteiger partial charge in [0.2, 0.25) is 5.78 Å². The van der Waals surface area contributed by atoms with Crippen LogP contribution >= 0.6 is 0 Å². The number of nitrogens with two attached hydrogens (primary N) is 1. The molecule has 3 heterocycles. The average Bonchev–Trinajstić information content (AvgIpc) is 3.26. The SMILES string of the molecule is Cc1ccc(O)c(C)c1-n1c(N)c(C(=O)c2ccc[nH]2)c2nccnc21. The lowest BCUT2D eigenvalue weighted by Gasteiger charge is -2.15. The number of H-pyrrole nitrogens is 1. The van der Waals surface area contributed by atoms with Crippen LogP contribution in [0.25, 0.3) is 16.9 Å². The molecule has 0 aliphatic carbocycles. The van der Waals surface area contributed by atoms with Gasteiger partial charge in [0.1, 0.15) is 17.1 Å². The molecule has 4 rings (SSSR count). The molecule has 0 saturated carbocycles. The molecular weight excluding hydrogens is 330 g/mol. The van der Waals surface area contributed by atoms with Crippen molar-refractivity contribution in [3.05, 3.63) is 65.2 Å². The van der Waals surface area contributed by atoms with E-state index in [1.165, 1.54) is 6.20 Å². The van der Waals surface area contributed by atoms with Crippen LogP contribution in [0.3, 0.4) is 0 Å². The summed E-state index contributed by atoms with van der Waals surface area (Å²) < 4.78 is 1.68. The number of hydrogen-bond acceptors (Lipinski definition) is 5. The van der Waals surface area contributed by atoms with Crippen molar-refractivity contribution in [2.75, 3.05) is 5.73 Å². The van der Waals surface area contributed by atoms with Gasteiger partial charge in [0, 0.05) is 24.2 Å². The maximum Gasteiger partial charge on any atom is 0.215 e. The summed E-state index contributed by atoms with van der Waals surface area (Å²) in [5.41, 5.74) is 10.3. The fraction of sp³-hybridized carbons (Fsp3) is 0.105. The van der Waals surface area contributed by atoms with Gasteiger partial charge in [0.25, 0.3) is 0 Å². The van der Waals surface area contributed by atoms with Crippen molar-refractivity contribution in [2.45, 2.75) is 13.8 Å². The highest BCUT2D eigenvalue weighted by Crippen LogP contribution is 2.35. The number of fused-ring (bicyclic) bond motifs is 1. The van der Waals surface area contributed by atoms with Crippen molar-refractivity contribution >= 4 is 22.8 Å². The summed E-state index contributed by atoms with van der Waals surface area (Å²) in [4.78, 5) is 24.6. The molecule has 26 heavy (non-hydrogen) atoms. The minimum Gasteiger partial charge on any atom is -0.508 e. The molecular formula is C19H17N5O2. The number of rotatable bonds is 3. The number of aromatic nitrogens is 4. The zero-order valence-electron chi connectivity index (χ0n) is 14.3. The van der Waals surface area contributed by atoms with Gasteiger partial charge < -0.3 is 15.8 Å². The Morgan fingerprint density at radius 2 is 1.96 bits per heavy atom. The minimum absolute atomic E-state index is 0.146. The van der Waals surface area contributed by atoms with Gasteiger partial charge in [-0.1, -0.05) is 6.07 Å². The van der Waals surface area contributed by atoms with Crippen molar-refractivity contribution in [3.8, 4) is 11.4 Å². The molecule has 4 aromatic rings. The van der Waals surface area contributed by atoms with Gasteiger partial charge in [0.15, 0.2) is 5.65 Å². The molecule has 0 saturated heterocycles. The smallest absolute Gasteiger partial charge is 0.215 e. The number of anilines is 1. The van der Waals surface area contributed by atoms with Crippen molar-refractivity contribution in [1.29, 1.82) is 0 Å². The van der Waals surface area contributed by atoms with Crippen LogP contribution in [-0.4, -0.2) is 30.4 Å². The van der Waals surface area contributed by atoms with Crippen molar-refractivity contribution < 1.29 is 9.90 Å². The van der Waals surface area contributed by atoms with Crippen molar-refractivity contribution in [2.24, 2.45) is 0 Å². The second-order valence-electron chi connectivity index (χ2n) is 6.11. The predicted octanol–water partition coefficient (Wildman–Crippen LogP) is 2.88. The Hall–Kier alpha value is -3.61. The Morgan fingerprint density at radius 3 is 2.69 bits per heavy atom. The highest BCUT2D eigenvalue weighted by Gasteiger charge is 2.26. The fourth-order valence-electron chi connectivity index (χ4n) is 3.24. The predicted molar refractivity (Wildman–Crippen MR) is 98.6 cm³/mol. The summed E-state index contributed by atoms with van der Waals surface area (Å²) in [7, 11) is 0. The molecule has 7 heteroatoms. The summed E-state index contributed by atoms with van der Waals surface area (Å²) >= 11 is 0. The van der Waals surface area contributed by atoms with Crippen LogP contribution in [0, 0.1) is 13.8 Å². The molecule has 1 aromatic carbocycles. The Bertz CT molecular complexity index is 1140. The normalized spacial score (nSPS) is 11.2. The van der Waals surface area contributed by atoms with E-state index >= 15 is 0 Å². The lowest BCUT2D eigenvalue weighted by Crippen LogP contribution is -2.09. The van der Waals surface area contributed by atoms with Gasteiger partial charge in [-0.25, -0.2) is 4.98 Å². The van der Waals surface area contributed by atoms with E-state index in [4.69, 9.17) is 5.73 Å². The standard InChI is InChI=1S/C19H17N5O2/c1-10-5-6-13(25)11(2)16(10)24-18(20)14(15-19(24)23-9-8-22-15)17(26)12-4-3-7-21-12/h3-9,21,25H,20H2,1-2H3. The first kappa shape index (κ1) is 15.9. The lowest BCUT2D eigenvalue weighted by molar-refractivity contribution is 0.103. The van der Waals surface area contributed by atoms with Gasteiger partial charge in [0.05, 0.1) is 16.9 Å². The number of aryl methyl sites for hydroxylation is 1. The molecule has 130 valence electrons. The molecule has 0 radical (unpaired) electrons. The molecule has 0 aliphatic heterocycles. The molecule has 0 amide bonds. The quantitative estimate of drug-likeness (QED) is 0.494. The second-order valence-corrected chi connectivity index (χ2v) is 6.11. The number of benzene rings is 1. The van der Waals surface area contributed by atoms with E-state index in [0.717, 1.165) is 5.56 Å². The third-order valence-corrected chi connectivity index (χ3v) is 4.52. The Labute approximate surface area is 149 Å². The van der Waals surface area contributed by atoms with Crippen LogP contribution in [0.2, 0.25) is 0 Å². The molecule has 3 aromatic heterocycles. The summed E-state index contributed by atoms with van der Waals surface area (Å²) in [5.74, 6) is 0.128. The number of nitrogens with zero attached hydrogens (tertiary/aromatic N) is 3. The van der Waals surface area contributed by atoms with Crippen LogP contribution in [0.4, 0.5) is 5.82 Å². The number of aromatic amines is 1. The number of carbonyl (C=O) groups excluding carboxylic acids is 1. The highest BCUT2D eigenvalue weighted by atomic mass is 16.3. The third kappa shape index (κ3) is 2.17. The average molecular weight is 347 g/mol. The minimum atomic E-state index is -0.257. The van der Waals surface area contributed by atoms with Crippen LogP contribution in [0.5, 0.6) is 5.75 Å². The number of phenols is 1. The number of carbonyl (C=O) groups is 1. The number of phenolic OH excluding ortho intramolecular Hbond substituents is 1. The summed E-state index contributed by atoms with van der Waals surface area (Å²) in [5, 5.41) is 10.2. The Morgan fingerprint density at radius 1 is 1.19 bits per heavy atom. The van der Waals surface area contributed by atoms with Gasteiger partial charge >= 0.3 is 0 Å². The monoisotopic (exact) mass is 347 g/mol. The van der Waals surface area contributed by atoms with Gasteiger partial charge in [-0.05, 0) is 37.6 Å². The Balaban J connectivity index is 2.09. The molecule has 0 unspecified atom stereocenters. The fourth-order valence-corrected chi connectivity index (χ4v) is 3.24. The lowest BCUT2D eigenvalue weighted by atomic mass is 10.1. The van der Waals surface area contributed by atoms with E-state index in [1.807, 2.05) is 6.92 Å². The Kier molecular flexibility index (Phi) is 3.50. The topological polar surface area (TPSA) is 110 Å². The number of nitrogens with one attached hydrogen (secondary N) is 1. The van der Waals surface area contributed by atoms with E-state index in [0.29, 0.717) is 28.1 Å². The maximum atomic E-state index is 13.0. The van der Waals surface area contributed by atoms with E-state index < -0.39 is 0 Å². The van der Waals surface area contributed by atoms with E-state index in [-0.39, 0.29) is 22.9 Å². The molecule has 0 bridgehead atoms. The van der Waals surface area contributed by atoms with Crippen LogP contribution in [-0.2, 0) is 0 Å². The van der Waals surface area contributed by atoms with E-state index in [2.05, 4.69) is 15.0 Å². The zero-order chi connectivity index (χ0) is 18.4. The van der Waals surface area contributed by atoms with Gasteiger partial charge in [-0.3, -0.25) is 14.3 Å². The van der Waals surface area contributed by atoms with Gasteiger partial charge in [-0.15, -0.1) is 0 Å². The number of aromatic hydroxyl groups is 1. The largest absolute Gasteiger partial charge is 0.508 e. The summed E-state index contributed by atoms with van der Waals surface area (Å²) in [6.45, 7) is 3.71. The second kappa shape index (κ2) is 5.73. The van der Waals surface area contributed by atoms with Crippen LogP contribution in [0.15, 0.2) is 42.9 Å². The molecule has 0 aliphatic rings. The first-order valence-corrected chi connectivity index (χ1v) is 8.09. The number of ketones is 1. The van der Waals surface area contributed by atoms with Crippen molar-refractivity contribution in [3.63, 3.8) is 0 Å². The summed E-state index contributed by atoms with van der Waals surface area (Å²) in [6.07, 6.45) is 4.76. The molecule has 0 fully saturated rings. The van der Waals surface area contributed by atoms with Crippen LogP contribution < -0.4 is 5.73 Å².